The molecule has 2 N–H and O–H groups in total. The van der Waals surface area contributed by atoms with Crippen molar-refractivity contribution in [3.63, 3.8) is 0 Å². The van der Waals surface area contributed by atoms with E-state index in [-0.39, 0.29) is 30.1 Å². The molecule has 7 nitrogen and oxygen atoms in total. The number of aryl methyl sites for hydroxylation is 1. The summed E-state index contributed by atoms with van der Waals surface area (Å²) in [6.45, 7) is 13.6. The second-order valence-corrected chi connectivity index (χ2v) is 9.12. The van der Waals surface area contributed by atoms with Gasteiger partial charge < -0.3 is 9.88 Å². The largest absolute Gasteiger partial charge is 0.348 e. The molecule has 1 amide bonds. The first kappa shape index (κ1) is 20.3. The average molecular weight is 386 g/mol. The van der Waals surface area contributed by atoms with Crippen molar-refractivity contribution in [3.05, 3.63) is 34.2 Å². The SMILES string of the molecule is Cc1nc(CNC(=O)Cc2c3c(n(CC(C)C)c2C)CC(C)(C)CC3=O)n[nH]1. The van der Waals surface area contributed by atoms with Crippen molar-refractivity contribution < 1.29 is 9.59 Å². The van der Waals surface area contributed by atoms with Crippen molar-refractivity contribution in [1.29, 1.82) is 0 Å². The first-order chi connectivity index (χ1) is 13.1. The minimum Gasteiger partial charge on any atom is -0.348 e. The number of H-pyrrole nitrogens is 1. The normalized spacial score (nSPS) is 15.8. The Morgan fingerprint density at radius 2 is 2.00 bits per heavy atom. The Kier molecular flexibility index (Phi) is 5.46. The van der Waals surface area contributed by atoms with E-state index in [2.05, 4.69) is 52.8 Å². The first-order valence-corrected chi connectivity index (χ1v) is 9.96. The van der Waals surface area contributed by atoms with E-state index in [4.69, 9.17) is 0 Å². The summed E-state index contributed by atoms with van der Waals surface area (Å²) in [4.78, 5) is 29.8. The average Bonchev–Trinajstić information content (AvgIpc) is 3.09. The lowest BCUT2D eigenvalue weighted by Crippen LogP contribution is -2.30. The fourth-order valence-electron chi connectivity index (χ4n) is 4.10. The van der Waals surface area contributed by atoms with Crippen LogP contribution in [0, 0.1) is 25.2 Å². The van der Waals surface area contributed by atoms with Crippen molar-refractivity contribution in [1.82, 2.24) is 25.1 Å². The maximum absolute atomic E-state index is 13.0. The molecular weight excluding hydrogens is 354 g/mol. The molecule has 0 saturated heterocycles. The van der Waals surface area contributed by atoms with E-state index in [0.717, 1.165) is 35.5 Å². The molecule has 152 valence electrons. The zero-order chi connectivity index (χ0) is 20.6. The number of Topliss-reactive ketones (excluding diaryl/α,β-unsaturated/α-hetero) is 1. The Morgan fingerprint density at radius 1 is 1.29 bits per heavy atom. The van der Waals surface area contributed by atoms with Crippen LogP contribution in [0.2, 0.25) is 0 Å². The standard InChI is InChI=1S/C21H31N5O2/c1-12(2)11-26-13(3)15(20-16(26)8-21(5,6)9-17(20)27)7-19(28)22-10-18-23-14(4)24-25-18/h12H,7-11H2,1-6H3,(H,22,28)(H,23,24,25). The van der Waals surface area contributed by atoms with Crippen molar-refractivity contribution in [2.24, 2.45) is 11.3 Å². The molecule has 1 aliphatic rings. The highest BCUT2D eigenvalue weighted by Crippen LogP contribution is 2.39. The number of hydrogen-bond donors (Lipinski definition) is 2. The molecule has 0 aliphatic heterocycles. The third-order valence-corrected chi connectivity index (χ3v) is 5.29. The van der Waals surface area contributed by atoms with Crippen molar-refractivity contribution in [3.8, 4) is 0 Å². The van der Waals surface area contributed by atoms with E-state index in [0.29, 0.717) is 24.0 Å². The number of aromatic nitrogens is 4. The number of rotatable bonds is 6. The molecule has 3 rings (SSSR count). The molecule has 7 heteroatoms. The number of fused-ring (bicyclic) bond motifs is 1. The highest BCUT2D eigenvalue weighted by atomic mass is 16.1. The third-order valence-electron chi connectivity index (χ3n) is 5.29. The van der Waals surface area contributed by atoms with Gasteiger partial charge in [-0.2, -0.15) is 5.10 Å². The van der Waals surface area contributed by atoms with Gasteiger partial charge in [-0.3, -0.25) is 14.7 Å². The highest BCUT2D eigenvalue weighted by molar-refractivity contribution is 6.01. The van der Waals surface area contributed by atoms with Gasteiger partial charge in [-0.05, 0) is 37.2 Å². The van der Waals surface area contributed by atoms with E-state index < -0.39 is 0 Å². The molecule has 0 fully saturated rings. The van der Waals surface area contributed by atoms with E-state index in [1.165, 1.54) is 0 Å². The predicted octanol–water partition coefficient (Wildman–Crippen LogP) is 2.89. The summed E-state index contributed by atoms with van der Waals surface area (Å²) in [5.41, 5.74) is 3.74. The van der Waals surface area contributed by atoms with Gasteiger partial charge in [0, 0.05) is 29.9 Å². The lowest BCUT2D eigenvalue weighted by molar-refractivity contribution is -0.120. The van der Waals surface area contributed by atoms with Crippen LogP contribution in [0.3, 0.4) is 0 Å². The number of carbonyl (C=O) groups excluding carboxylic acids is 2. The number of nitrogens with zero attached hydrogens (tertiary/aromatic N) is 3. The van der Waals surface area contributed by atoms with Crippen LogP contribution in [0.1, 0.15) is 73.1 Å². The maximum atomic E-state index is 13.0. The van der Waals surface area contributed by atoms with Gasteiger partial charge in [0.15, 0.2) is 11.6 Å². The summed E-state index contributed by atoms with van der Waals surface area (Å²) in [7, 11) is 0. The van der Waals surface area contributed by atoms with E-state index >= 15 is 0 Å². The Labute approximate surface area is 166 Å². The Morgan fingerprint density at radius 3 is 2.61 bits per heavy atom. The van der Waals surface area contributed by atoms with Crippen LogP contribution >= 0.6 is 0 Å². The number of ketones is 1. The Bertz CT molecular complexity index is 904. The summed E-state index contributed by atoms with van der Waals surface area (Å²) in [5.74, 6) is 1.77. The number of aromatic amines is 1. The van der Waals surface area contributed by atoms with E-state index in [1.54, 1.807) is 0 Å². The lowest BCUT2D eigenvalue weighted by Gasteiger charge is -2.30. The van der Waals surface area contributed by atoms with Gasteiger partial charge in [0.05, 0.1) is 13.0 Å². The molecule has 0 saturated carbocycles. The van der Waals surface area contributed by atoms with Gasteiger partial charge in [0.1, 0.15) is 5.82 Å². The molecule has 0 spiro atoms. The molecule has 2 aromatic rings. The van der Waals surface area contributed by atoms with Crippen LogP contribution < -0.4 is 5.32 Å². The summed E-state index contributed by atoms with van der Waals surface area (Å²) in [6.07, 6.45) is 1.59. The molecule has 2 heterocycles. The van der Waals surface area contributed by atoms with Crippen LogP contribution in [0.4, 0.5) is 0 Å². The second-order valence-electron chi connectivity index (χ2n) is 9.12. The van der Waals surface area contributed by atoms with Crippen LogP contribution in [-0.4, -0.2) is 31.4 Å². The molecule has 2 aromatic heterocycles. The van der Waals surface area contributed by atoms with Crippen LogP contribution in [0.15, 0.2) is 0 Å². The lowest BCUT2D eigenvalue weighted by atomic mass is 9.75. The van der Waals surface area contributed by atoms with E-state index in [1.807, 2.05) is 13.8 Å². The number of amides is 1. The summed E-state index contributed by atoms with van der Waals surface area (Å²) in [6, 6.07) is 0. The summed E-state index contributed by atoms with van der Waals surface area (Å²) >= 11 is 0. The fourth-order valence-corrected chi connectivity index (χ4v) is 4.10. The zero-order valence-corrected chi connectivity index (χ0v) is 17.8. The molecule has 0 atom stereocenters. The summed E-state index contributed by atoms with van der Waals surface area (Å²) < 4.78 is 2.26. The minimum atomic E-state index is -0.118. The second kappa shape index (κ2) is 7.53. The van der Waals surface area contributed by atoms with Gasteiger partial charge in [0.2, 0.25) is 5.91 Å². The van der Waals surface area contributed by atoms with Gasteiger partial charge in [-0.1, -0.05) is 27.7 Å². The Balaban J connectivity index is 1.87. The van der Waals surface area contributed by atoms with Gasteiger partial charge in [-0.15, -0.1) is 0 Å². The highest BCUT2D eigenvalue weighted by Gasteiger charge is 2.37. The summed E-state index contributed by atoms with van der Waals surface area (Å²) in [5, 5.41) is 9.68. The topological polar surface area (TPSA) is 92.7 Å². The van der Waals surface area contributed by atoms with Crippen LogP contribution in [0.5, 0.6) is 0 Å². The predicted molar refractivity (Wildman–Crippen MR) is 107 cm³/mol. The molecule has 0 bridgehead atoms. The van der Waals surface area contributed by atoms with Gasteiger partial charge in [-0.25, -0.2) is 4.98 Å². The van der Waals surface area contributed by atoms with Gasteiger partial charge in [0.25, 0.3) is 0 Å². The van der Waals surface area contributed by atoms with Crippen molar-refractivity contribution >= 4 is 11.7 Å². The van der Waals surface area contributed by atoms with Gasteiger partial charge >= 0.3 is 0 Å². The minimum absolute atomic E-state index is 0.0490. The fraction of sp³-hybridized carbons (Fsp3) is 0.619. The zero-order valence-electron chi connectivity index (χ0n) is 17.8. The monoisotopic (exact) mass is 385 g/mol. The van der Waals surface area contributed by atoms with Crippen LogP contribution in [-0.2, 0) is 30.7 Å². The molecule has 0 aromatic carbocycles. The van der Waals surface area contributed by atoms with Crippen molar-refractivity contribution in [2.75, 3.05) is 0 Å². The molecule has 28 heavy (non-hydrogen) atoms. The molecule has 0 radical (unpaired) electrons. The number of carbonyl (C=O) groups is 2. The third kappa shape index (κ3) is 4.18. The molecular formula is C21H31N5O2. The quantitative estimate of drug-likeness (QED) is 0.800. The Hall–Kier alpha value is -2.44. The number of hydrogen-bond acceptors (Lipinski definition) is 4. The maximum Gasteiger partial charge on any atom is 0.224 e. The van der Waals surface area contributed by atoms with Crippen molar-refractivity contribution in [2.45, 2.75) is 73.9 Å². The molecule has 0 unspecified atom stereocenters. The van der Waals surface area contributed by atoms with E-state index in [9.17, 15) is 9.59 Å². The number of nitrogens with one attached hydrogen (secondary N) is 2. The molecule has 1 aliphatic carbocycles. The van der Waals surface area contributed by atoms with Crippen LogP contribution in [0.25, 0.3) is 0 Å². The first-order valence-electron chi connectivity index (χ1n) is 9.96. The smallest absolute Gasteiger partial charge is 0.224 e.